The van der Waals surface area contributed by atoms with Gasteiger partial charge in [-0.1, -0.05) is 0 Å². The number of anilines is 1. The maximum atomic E-state index is 12.4. The van der Waals surface area contributed by atoms with Gasteiger partial charge in [0.1, 0.15) is 5.75 Å². The van der Waals surface area contributed by atoms with Crippen molar-refractivity contribution in [1.29, 1.82) is 0 Å². The van der Waals surface area contributed by atoms with Crippen LogP contribution in [-0.2, 0) is 0 Å². The Balaban J connectivity index is 2.30. The molecule has 0 aliphatic carbocycles. The molecule has 0 spiro atoms. The molecule has 6 heteroatoms. The maximum absolute atomic E-state index is 12.4. The number of ether oxygens (including phenoxy) is 1. The van der Waals surface area contributed by atoms with Gasteiger partial charge in [0.15, 0.2) is 0 Å². The van der Waals surface area contributed by atoms with E-state index in [-0.39, 0.29) is 11.8 Å². The zero-order valence-corrected chi connectivity index (χ0v) is 13.4. The summed E-state index contributed by atoms with van der Waals surface area (Å²) in [5, 5.41) is 2.74. The van der Waals surface area contributed by atoms with Gasteiger partial charge in [-0.05, 0) is 37.3 Å². The van der Waals surface area contributed by atoms with Gasteiger partial charge in [0.2, 0.25) is 0 Å². The highest BCUT2D eigenvalue weighted by Crippen LogP contribution is 2.22. The fourth-order valence-electron chi connectivity index (χ4n) is 2.01. The average molecular weight is 313 g/mol. The first kappa shape index (κ1) is 16.5. The summed E-state index contributed by atoms with van der Waals surface area (Å²) in [5.74, 6) is -0.0672. The van der Waals surface area contributed by atoms with Gasteiger partial charge in [0.25, 0.3) is 11.8 Å². The molecule has 0 radical (unpaired) electrons. The smallest absolute Gasteiger partial charge is 0.257 e. The number of carbonyl (C=O) groups excluding carboxylic acids is 2. The molecule has 0 fully saturated rings. The van der Waals surface area contributed by atoms with Crippen molar-refractivity contribution in [2.24, 2.45) is 0 Å². The van der Waals surface area contributed by atoms with E-state index in [0.717, 1.165) is 0 Å². The first-order valence-corrected chi connectivity index (χ1v) is 7.21. The van der Waals surface area contributed by atoms with E-state index in [1.54, 1.807) is 54.7 Å². The molecule has 2 amide bonds. The third kappa shape index (κ3) is 3.85. The Labute approximate surface area is 135 Å². The highest BCUT2D eigenvalue weighted by Gasteiger charge is 2.18. The minimum absolute atomic E-state index is 0.194. The zero-order valence-electron chi connectivity index (χ0n) is 13.4. The van der Waals surface area contributed by atoms with Crippen LogP contribution < -0.4 is 10.1 Å². The Kier molecular flexibility index (Phi) is 5.30. The van der Waals surface area contributed by atoms with E-state index in [2.05, 4.69) is 10.3 Å². The van der Waals surface area contributed by atoms with Crippen LogP contribution in [0, 0.1) is 0 Å². The summed E-state index contributed by atoms with van der Waals surface area (Å²) < 4.78 is 5.22. The zero-order chi connectivity index (χ0) is 16.8. The normalized spacial score (nSPS) is 10.0. The van der Waals surface area contributed by atoms with Gasteiger partial charge in [-0.15, -0.1) is 0 Å². The largest absolute Gasteiger partial charge is 0.496 e. The Morgan fingerprint density at radius 1 is 1.30 bits per heavy atom. The molecule has 0 aliphatic heterocycles. The van der Waals surface area contributed by atoms with Gasteiger partial charge in [0.05, 0.1) is 24.6 Å². The average Bonchev–Trinajstić information content (AvgIpc) is 2.60. The molecule has 23 heavy (non-hydrogen) atoms. The van der Waals surface area contributed by atoms with Crippen molar-refractivity contribution in [3.63, 3.8) is 0 Å². The van der Waals surface area contributed by atoms with Crippen molar-refractivity contribution >= 4 is 17.5 Å². The third-order valence-electron chi connectivity index (χ3n) is 3.43. The second-order valence-electron chi connectivity index (χ2n) is 4.93. The van der Waals surface area contributed by atoms with Gasteiger partial charge in [0, 0.05) is 25.4 Å². The van der Waals surface area contributed by atoms with Crippen LogP contribution in [0.1, 0.15) is 27.6 Å². The molecule has 0 saturated heterocycles. The minimum atomic E-state index is -0.311. The molecule has 6 nitrogen and oxygen atoms in total. The number of pyridine rings is 1. The third-order valence-corrected chi connectivity index (χ3v) is 3.43. The SMILES string of the molecule is CCN(C)C(=O)c1cc(C(=O)Nc2cccnc2)ccc1OC. The highest BCUT2D eigenvalue weighted by atomic mass is 16.5. The predicted octanol–water partition coefficient (Wildman–Crippen LogP) is 2.43. The number of aromatic nitrogens is 1. The molecular weight excluding hydrogens is 294 g/mol. The maximum Gasteiger partial charge on any atom is 0.257 e. The van der Waals surface area contributed by atoms with Crippen molar-refractivity contribution in [1.82, 2.24) is 9.88 Å². The fourth-order valence-corrected chi connectivity index (χ4v) is 2.01. The molecule has 1 aromatic carbocycles. The van der Waals surface area contributed by atoms with Crippen molar-refractivity contribution < 1.29 is 14.3 Å². The Morgan fingerprint density at radius 3 is 2.70 bits per heavy atom. The van der Waals surface area contributed by atoms with Crippen molar-refractivity contribution in [3.8, 4) is 5.75 Å². The van der Waals surface area contributed by atoms with Crippen LogP contribution in [0.15, 0.2) is 42.7 Å². The molecule has 1 aromatic heterocycles. The summed E-state index contributed by atoms with van der Waals surface area (Å²) in [6.45, 7) is 2.44. The van der Waals surface area contributed by atoms with E-state index < -0.39 is 0 Å². The second-order valence-corrected chi connectivity index (χ2v) is 4.93. The van der Waals surface area contributed by atoms with Crippen LogP contribution in [0.3, 0.4) is 0 Å². The monoisotopic (exact) mass is 313 g/mol. The minimum Gasteiger partial charge on any atom is -0.496 e. The van der Waals surface area contributed by atoms with E-state index >= 15 is 0 Å². The lowest BCUT2D eigenvalue weighted by molar-refractivity contribution is 0.0799. The molecule has 2 rings (SSSR count). The topological polar surface area (TPSA) is 71.5 Å². The molecule has 0 unspecified atom stereocenters. The van der Waals surface area contributed by atoms with Crippen LogP contribution in [0.2, 0.25) is 0 Å². The lowest BCUT2D eigenvalue weighted by atomic mass is 10.1. The second kappa shape index (κ2) is 7.40. The van der Waals surface area contributed by atoms with Crippen LogP contribution in [0.4, 0.5) is 5.69 Å². The molecule has 0 bridgehead atoms. The van der Waals surface area contributed by atoms with Gasteiger partial charge in [-0.25, -0.2) is 0 Å². The summed E-state index contributed by atoms with van der Waals surface area (Å²) in [5.41, 5.74) is 1.32. The predicted molar refractivity (Wildman–Crippen MR) is 87.8 cm³/mol. The number of amides is 2. The molecule has 120 valence electrons. The van der Waals surface area contributed by atoms with Crippen molar-refractivity contribution in [2.75, 3.05) is 26.0 Å². The Bertz CT molecular complexity index is 701. The van der Waals surface area contributed by atoms with E-state index in [0.29, 0.717) is 29.1 Å². The summed E-state index contributed by atoms with van der Waals surface area (Å²) in [6.07, 6.45) is 3.18. The highest BCUT2D eigenvalue weighted by molar-refractivity contribution is 6.06. The van der Waals surface area contributed by atoms with Gasteiger partial charge in [-0.2, -0.15) is 0 Å². The Morgan fingerprint density at radius 2 is 2.09 bits per heavy atom. The van der Waals surface area contributed by atoms with Gasteiger partial charge >= 0.3 is 0 Å². The van der Waals surface area contributed by atoms with Crippen LogP contribution in [0.5, 0.6) is 5.75 Å². The summed E-state index contributed by atoms with van der Waals surface area (Å²) in [7, 11) is 3.19. The molecule has 0 aliphatic rings. The van der Waals surface area contributed by atoms with Crippen LogP contribution in [-0.4, -0.2) is 42.4 Å². The molecule has 2 aromatic rings. The van der Waals surface area contributed by atoms with Gasteiger partial charge < -0.3 is 15.0 Å². The van der Waals surface area contributed by atoms with E-state index in [4.69, 9.17) is 4.74 Å². The Hall–Kier alpha value is -2.89. The molecular formula is C17H19N3O3. The quantitative estimate of drug-likeness (QED) is 0.920. The number of nitrogens with one attached hydrogen (secondary N) is 1. The number of hydrogen-bond acceptors (Lipinski definition) is 4. The van der Waals surface area contributed by atoms with Crippen molar-refractivity contribution in [3.05, 3.63) is 53.9 Å². The molecule has 0 atom stereocenters. The van der Waals surface area contributed by atoms with E-state index in [1.165, 1.54) is 7.11 Å². The van der Waals surface area contributed by atoms with Crippen LogP contribution >= 0.6 is 0 Å². The summed E-state index contributed by atoms with van der Waals surface area (Å²) in [4.78, 5) is 30.2. The van der Waals surface area contributed by atoms with E-state index in [9.17, 15) is 9.59 Å². The standard InChI is InChI=1S/C17H19N3O3/c1-4-20(2)17(22)14-10-12(7-8-15(14)23-3)16(21)19-13-6-5-9-18-11-13/h5-11H,4H2,1-3H3,(H,19,21). The number of rotatable bonds is 5. The number of hydrogen-bond donors (Lipinski definition) is 1. The number of benzene rings is 1. The first-order chi connectivity index (χ1) is 11.1. The lowest BCUT2D eigenvalue weighted by Gasteiger charge is -2.17. The van der Waals surface area contributed by atoms with E-state index in [1.807, 2.05) is 6.92 Å². The number of methoxy groups -OCH3 is 1. The number of carbonyl (C=O) groups is 2. The lowest BCUT2D eigenvalue weighted by Crippen LogP contribution is -2.27. The summed E-state index contributed by atoms with van der Waals surface area (Å²) >= 11 is 0. The summed E-state index contributed by atoms with van der Waals surface area (Å²) in [6, 6.07) is 8.25. The fraction of sp³-hybridized carbons (Fsp3) is 0.235. The first-order valence-electron chi connectivity index (χ1n) is 7.21. The van der Waals surface area contributed by atoms with Gasteiger partial charge in [-0.3, -0.25) is 14.6 Å². The molecule has 1 N–H and O–H groups in total. The number of nitrogens with zero attached hydrogens (tertiary/aromatic N) is 2. The molecule has 1 heterocycles. The van der Waals surface area contributed by atoms with Crippen molar-refractivity contribution in [2.45, 2.75) is 6.92 Å². The van der Waals surface area contributed by atoms with Crippen LogP contribution in [0.25, 0.3) is 0 Å². The molecule has 0 saturated carbocycles.